The number of carboxylic acids is 1. The minimum Gasteiger partial charge on any atom is -0.481 e. The first-order valence-electron chi connectivity index (χ1n) is 5.63. The third kappa shape index (κ3) is 2.95. The van der Waals surface area contributed by atoms with Crippen LogP contribution in [0.5, 0.6) is 0 Å². The first kappa shape index (κ1) is 13.0. The molecule has 0 spiro atoms. The molecule has 1 aliphatic heterocycles. The van der Waals surface area contributed by atoms with Crippen LogP contribution in [0.2, 0.25) is 0 Å². The van der Waals surface area contributed by atoms with Crippen molar-refractivity contribution in [3.63, 3.8) is 0 Å². The van der Waals surface area contributed by atoms with Gasteiger partial charge in [-0.2, -0.15) is 0 Å². The molecule has 1 aliphatic rings. The van der Waals surface area contributed by atoms with Gasteiger partial charge in [0.1, 0.15) is 0 Å². The van der Waals surface area contributed by atoms with E-state index in [4.69, 9.17) is 10.8 Å². The maximum Gasteiger partial charge on any atom is 0.303 e. The van der Waals surface area contributed by atoms with E-state index in [9.17, 15) is 9.59 Å². The van der Waals surface area contributed by atoms with E-state index in [1.807, 2.05) is 13.8 Å². The molecule has 1 rings (SSSR count). The Morgan fingerprint density at radius 3 is 2.56 bits per heavy atom. The van der Waals surface area contributed by atoms with Crippen LogP contribution in [-0.4, -0.2) is 40.0 Å². The fourth-order valence-electron chi connectivity index (χ4n) is 2.12. The summed E-state index contributed by atoms with van der Waals surface area (Å²) in [5, 5.41) is 8.53. The number of carboxylic acid groups (broad SMARTS) is 1. The SMILES string of the molecule is CC1(C)CCCN1C(=O)C(N)CCC(=O)O. The molecule has 5 nitrogen and oxygen atoms in total. The molecule has 0 aromatic heterocycles. The third-order valence-corrected chi connectivity index (χ3v) is 3.15. The average Bonchev–Trinajstić information content (AvgIpc) is 2.53. The lowest BCUT2D eigenvalue weighted by atomic mass is 10.0. The van der Waals surface area contributed by atoms with Crippen molar-refractivity contribution in [2.45, 2.75) is 51.1 Å². The summed E-state index contributed by atoms with van der Waals surface area (Å²) in [4.78, 5) is 24.2. The smallest absolute Gasteiger partial charge is 0.303 e. The molecule has 5 heteroatoms. The van der Waals surface area contributed by atoms with Crippen LogP contribution in [0.15, 0.2) is 0 Å². The highest BCUT2D eigenvalue weighted by Gasteiger charge is 2.37. The van der Waals surface area contributed by atoms with Gasteiger partial charge >= 0.3 is 5.97 Å². The lowest BCUT2D eigenvalue weighted by molar-refractivity contribution is -0.138. The fraction of sp³-hybridized carbons (Fsp3) is 0.818. The van der Waals surface area contributed by atoms with Crippen LogP contribution in [-0.2, 0) is 9.59 Å². The second-order valence-corrected chi connectivity index (χ2v) is 4.94. The lowest BCUT2D eigenvalue weighted by Gasteiger charge is -2.33. The summed E-state index contributed by atoms with van der Waals surface area (Å²) in [5.41, 5.74) is 5.57. The van der Waals surface area contributed by atoms with Crippen molar-refractivity contribution in [2.75, 3.05) is 6.54 Å². The van der Waals surface area contributed by atoms with E-state index in [1.54, 1.807) is 4.90 Å². The molecule has 92 valence electrons. The van der Waals surface area contributed by atoms with E-state index in [0.717, 1.165) is 19.4 Å². The fourth-order valence-corrected chi connectivity index (χ4v) is 2.12. The van der Waals surface area contributed by atoms with Crippen molar-refractivity contribution in [3.05, 3.63) is 0 Å². The minimum atomic E-state index is -0.913. The predicted molar refractivity (Wildman–Crippen MR) is 59.9 cm³/mol. The molecule has 1 amide bonds. The molecule has 0 aromatic carbocycles. The van der Waals surface area contributed by atoms with Gasteiger partial charge in [0.2, 0.25) is 5.91 Å². The first-order valence-corrected chi connectivity index (χ1v) is 5.63. The summed E-state index contributed by atoms with van der Waals surface area (Å²) < 4.78 is 0. The van der Waals surface area contributed by atoms with E-state index in [-0.39, 0.29) is 24.3 Å². The summed E-state index contributed by atoms with van der Waals surface area (Å²) in [6.07, 6.45) is 2.12. The number of carbonyl (C=O) groups is 2. The standard InChI is InChI=1S/C11H20N2O3/c1-11(2)6-3-7-13(11)10(16)8(12)4-5-9(14)15/h8H,3-7,12H2,1-2H3,(H,14,15). The van der Waals surface area contributed by atoms with Gasteiger partial charge in [0, 0.05) is 18.5 Å². The van der Waals surface area contributed by atoms with E-state index in [1.165, 1.54) is 0 Å². The molecule has 1 unspecified atom stereocenters. The van der Waals surface area contributed by atoms with E-state index in [2.05, 4.69) is 0 Å². The van der Waals surface area contributed by atoms with Gasteiger partial charge in [0.25, 0.3) is 0 Å². The molecule has 3 N–H and O–H groups in total. The second kappa shape index (κ2) is 4.82. The summed E-state index contributed by atoms with van der Waals surface area (Å²) in [5.74, 6) is -1.03. The van der Waals surface area contributed by atoms with Gasteiger partial charge in [-0.15, -0.1) is 0 Å². The number of amides is 1. The Hall–Kier alpha value is -1.10. The molecule has 1 heterocycles. The summed E-state index contributed by atoms with van der Waals surface area (Å²) >= 11 is 0. The van der Waals surface area contributed by atoms with Gasteiger partial charge in [0.05, 0.1) is 6.04 Å². The van der Waals surface area contributed by atoms with Crippen LogP contribution in [0.25, 0.3) is 0 Å². The number of nitrogens with two attached hydrogens (primary N) is 1. The first-order chi connectivity index (χ1) is 7.34. The summed E-state index contributed by atoms with van der Waals surface area (Å²) in [6, 6.07) is -0.687. The Labute approximate surface area is 95.6 Å². The molecule has 0 bridgehead atoms. The van der Waals surface area contributed by atoms with Crippen molar-refractivity contribution in [2.24, 2.45) is 5.73 Å². The topological polar surface area (TPSA) is 83.6 Å². The lowest BCUT2D eigenvalue weighted by Crippen LogP contribution is -2.50. The Morgan fingerprint density at radius 2 is 2.12 bits per heavy atom. The van der Waals surface area contributed by atoms with Crippen molar-refractivity contribution in [1.29, 1.82) is 0 Å². The molecule has 0 aromatic rings. The van der Waals surface area contributed by atoms with Gasteiger partial charge in [-0.1, -0.05) is 0 Å². The summed E-state index contributed by atoms with van der Waals surface area (Å²) in [7, 11) is 0. The average molecular weight is 228 g/mol. The van der Waals surface area contributed by atoms with Crippen molar-refractivity contribution < 1.29 is 14.7 Å². The summed E-state index contributed by atoms with van der Waals surface area (Å²) in [6.45, 7) is 4.76. The number of aliphatic carboxylic acids is 1. The van der Waals surface area contributed by atoms with Crippen LogP contribution >= 0.6 is 0 Å². The highest BCUT2D eigenvalue weighted by Crippen LogP contribution is 2.28. The Kier molecular flexibility index (Phi) is 3.91. The highest BCUT2D eigenvalue weighted by atomic mass is 16.4. The highest BCUT2D eigenvalue weighted by molar-refractivity contribution is 5.83. The molecule has 0 aliphatic carbocycles. The molecule has 0 radical (unpaired) electrons. The Bertz CT molecular complexity index is 289. The molecule has 1 atom stereocenters. The van der Waals surface area contributed by atoms with E-state index >= 15 is 0 Å². The third-order valence-electron chi connectivity index (χ3n) is 3.15. The van der Waals surface area contributed by atoms with Crippen molar-refractivity contribution in [3.8, 4) is 0 Å². The monoisotopic (exact) mass is 228 g/mol. The molecular formula is C11H20N2O3. The maximum atomic E-state index is 12.0. The number of rotatable bonds is 4. The van der Waals surface area contributed by atoms with Gasteiger partial charge < -0.3 is 15.7 Å². The predicted octanol–water partition coefficient (Wildman–Crippen LogP) is 0.579. The van der Waals surface area contributed by atoms with Crippen molar-refractivity contribution in [1.82, 2.24) is 4.90 Å². The molecular weight excluding hydrogens is 208 g/mol. The van der Waals surface area contributed by atoms with Crippen LogP contribution in [0.3, 0.4) is 0 Å². The normalized spacial score (nSPS) is 20.8. The zero-order valence-corrected chi connectivity index (χ0v) is 9.90. The number of carbonyl (C=O) groups excluding carboxylic acids is 1. The van der Waals surface area contributed by atoms with Gasteiger partial charge in [-0.3, -0.25) is 9.59 Å². The quantitative estimate of drug-likeness (QED) is 0.737. The number of hydrogen-bond donors (Lipinski definition) is 2. The van der Waals surface area contributed by atoms with Gasteiger partial charge in [-0.05, 0) is 33.1 Å². The van der Waals surface area contributed by atoms with Crippen LogP contribution < -0.4 is 5.73 Å². The number of likely N-dealkylation sites (tertiary alicyclic amines) is 1. The molecule has 16 heavy (non-hydrogen) atoms. The number of hydrogen-bond acceptors (Lipinski definition) is 3. The molecule has 0 saturated carbocycles. The maximum absolute atomic E-state index is 12.0. The van der Waals surface area contributed by atoms with E-state index < -0.39 is 12.0 Å². The molecule has 1 saturated heterocycles. The number of nitrogens with zero attached hydrogens (tertiary/aromatic N) is 1. The zero-order valence-electron chi connectivity index (χ0n) is 9.90. The van der Waals surface area contributed by atoms with Crippen LogP contribution in [0.4, 0.5) is 0 Å². The zero-order chi connectivity index (χ0) is 12.3. The largest absolute Gasteiger partial charge is 0.481 e. The van der Waals surface area contributed by atoms with Gasteiger partial charge in [0.15, 0.2) is 0 Å². The Balaban J connectivity index is 2.53. The van der Waals surface area contributed by atoms with Crippen LogP contribution in [0, 0.1) is 0 Å². The van der Waals surface area contributed by atoms with Crippen molar-refractivity contribution >= 4 is 11.9 Å². The molecule has 1 fully saturated rings. The van der Waals surface area contributed by atoms with Gasteiger partial charge in [-0.25, -0.2) is 0 Å². The van der Waals surface area contributed by atoms with E-state index in [0.29, 0.717) is 0 Å². The second-order valence-electron chi connectivity index (χ2n) is 4.94. The Morgan fingerprint density at radius 1 is 1.50 bits per heavy atom. The van der Waals surface area contributed by atoms with Crippen LogP contribution in [0.1, 0.15) is 39.5 Å². The minimum absolute atomic E-state index is 0.0544.